The fraction of sp³-hybridized carbons (Fsp3) is 0.409. The lowest BCUT2D eigenvalue weighted by Crippen LogP contribution is -3.13. The number of nitrogens with one attached hydrogen (secondary N) is 1. The van der Waals surface area contributed by atoms with Gasteiger partial charge in [-0.2, -0.15) is 0 Å². The number of quaternary nitrogens is 1. The number of ether oxygens (including phenoxy) is 1. The molecular formula is C22H27N2O2S+. The number of rotatable bonds is 6. The summed E-state index contributed by atoms with van der Waals surface area (Å²) >= 11 is 1.79. The molecular weight excluding hydrogens is 356 g/mol. The second kappa shape index (κ2) is 8.81. The second-order valence-electron chi connectivity index (χ2n) is 7.22. The van der Waals surface area contributed by atoms with Crippen molar-refractivity contribution in [3.8, 4) is 0 Å². The van der Waals surface area contributed by atoms with E-state index in [9.17, 15) is 4.79 Å². The fourth-order valence-electron chi connectivity index (χ4n) is 3.91. The molecule has 2 aliphatic heterocycles. The molecule has 1 fully saturated rings. The van der Waals surface area contributed by atoms with E-state index in [0.717, 1.165) is 6.54 Å². The zero-order valence-electron chi connectivity index (χ0n) is 15.7. The highest BCUT2D eigenvalue weighted by molar-refractivity contribution is 7.99. The van der Waals surface area contributed by atoms with Gasteiger partial charge in [-0.3, -0.25) is 4.79 Å². The van der Waals surface area contributed by atoms with Gasteiger partial charge in [0.15, 0.2) is 0 Å². The molecule has 4 nitrogen and oxygen atoms in total. The van der Waals surface area contributed by atoms with Gasteiger partial charge in [0.1, 0.15) is 13.2 Å². The van der Waals surface area contributed by atoms with Crippen molar-refractivity contribution in [2.45, 2.75) is 35.5 Å². The maximum atomic E-state index is 12.3. The van der Waals surface area contributed by atoms with Crippen LogP contribution in [0.5, 0.6) is 0 Å². The first-order chi connectivity index (χ1) is 13.3. The summed E-state index contributed by atoms with van der Waals surface area (Å²) in [6.07, 6.45) is 4.35. The van der Waals surface area contributed by atoms with E-state index in [2.05, 4.69) is 53.4 Å². The Kier molecular flexibility index (Phi) is 6.00. The molecule has 5 heteroatoms. The highest BCUT2D eigenvalue weighted by Gasteiger charge is 2.23. The molecule has 0 aliphatic carbocycles. The Hall–Kier alpha value is -1.98. The third-order valence-electron chi connectivity index (χ3n) is 5.35. The van der Waals surface area contributed by atoms with Gasteiger partial charge in [0.05, 0.1) is 30.9 Å². The van der Waals surface area contributed by atoms with E-state index in [1.165, 1.54) is 53.5 Å². The van der Waals surface area contributed by atoms with Crippen molar-refractivity contribution in [1.82, 2.24) is 0 Å². The number of hydrogen-bond donors (Lipinski definition) is 1. The van der Waals surface area contributed by atoms with Crippen LogP contribution in [0.25, 0.3) is 0 Å². The fourth-order valence-corrected chi connectivity index (χ4v) is 5.00. The minimum absolute atomic E-state index is 0.0976. The lowest BCUT2D eigenvalue weighted by atomic mass is 10.1. The van der Waals surface area contributed by atoms with Crippen molar-refractivity contribution >= 4 is 29.1 Å². The summed E-state index contributed by atoms with van der Waals surface area (Å²) in [7, 11) is 0. The van der Waals surface area contributed by atoms with Crippen molar-refractivity contribution in [1.29, 1.82) is 0 Å². The lowest BCUT2D eigenvalue weighted by Gasteiger charge is -2.32. The SMILES string of the molecule is O=C(CCN1c2ccccc2Sc2ccccc21)OCC[NH+]1CCCCC1. The molecule has 2 aliphatic rings. The van der Waals surface area contributed by atoms with Crippen molar-refractivity contribution < 1.29 is 14.4 Å². The van der Waals surface area contributed by atoms with Crippen LogP contribution in [-0.4, -0.2) is 38.8 Å². The Labute approximate surface area is 165 Å². The van der Waals surface area contributed by atoms with E-state index in [1.54, 1.807) is 16.7 Å². The van der Waals surface area contributed by atoms with E-state index in [1.807, 2.05) is 0 Å². The summed E-state index contributed by atoms with van der Waals surface area (Å²) in [5.41, 5.74) is 2.35. The van der Waals surface area contributed by atoms with Crippen LogP contribution in [-0.2, 0) is 9.53 Å². The Balaban J connectivity index is 1.34. The predicted octanol–water partition coefficient (Wildman–Crippen LogP) is 3.29. The molecule has 1 N–H and O–H groups in total. The summed E-state index contributed by atoms with van der Waals surface area (Å²) in [5.74, 6) is -0.0976. The van der Waals surface area contributed by atoms with Crippen LogP contribution in [0.15, 0.2) is 58.3 Å². The van der Waals surface area contributed by atoms with Crippen molar-refractivity contribution in [3.05, 3.63) is 48.5 Å². The zero-order chi connectivity index (χ0) is 18.5. The molecule has 142 valence electrons. The normalized spacial score (nSPS) is 16.5. The molecule has 2 aromatic carbocycles. The van der Waals surface area contributed by atoms with Gasteiger partial charge in [-0.05, 0) is 43.5 Å². The van der Waals surface area contributed by atoms with Gasteiger partial charge in [-0.1, -0.05) is 36.0 Å². The summed E-state index contributed by atoms with van der Waals surface area (Å²) in [6.45, 7) is 4.56. The predicted molar refractivity (Wildman–Crippen MR) is 109 cm³/mol. The van der Waals surface area contributed by atoms with Gasteiger partial charge < -0.3 is 14.5 Å². The van der Waals surface area contributed by atoms with Crippen LogP contribution < -0.4 is 9.80 Å². The highest BCUT2D eigenvalue weighted by Crippen LogP contribution is 2.47. The number of likely N-dealkylation sites (tertiary alicyclic amines) is 1. The van der Waals surface area contributed by atoms with Crippen molar-refractivity contribution in [2.75, 3.05) is 37.7 Å². The van der Waals surface area contributed by atoms with E-state index in [0.29, 0.717) is 19.6 Å². The highest BCUT2D eigenvalue weighted by atomic mass is 32.2. The van der Waals surface area contributed by atoms with Gasteiger partial charge in [0.2, 0.25) is 0 Å². The Morgan fingerprint density at radius 1 is 0.963 bits per heavy atom. The number of piperidine rings is 1. The van der Waals surface area contributed by atoms with E-state index in [4.69, 9.17) is 4.74 Å². The molecule has 1 saturated heterocycles. The van der Waals surface area contributed by atoms with Gasteiger partial charge in [0, 0.05) is 16.3 Å². The smallest absolute Gasteiger partial charge is 0.307 e. The Bertz CT molecular complexity index is 744. The zero-order valence-corrected chi connectivity index (χ0v) is 16.5. The standard InChI is InChI=1S/C22H26N2O2S/c25-22(26-17-16-23-13-6-1-7-14-23)12-15-24-18-8-2-4-10-20(18)27-21-11-5-3-9-19(21)24/h2-5,8-11H,1,6-7,12-17H2/p+1. The molecule has 0 aromatic heterocycles. The monoisotopic (exact) mass is 383 g/mol. The molecule has 0 saturated carbocycles. The lowest BCUT2D eigenvalue weighted by molar-refractivity contribution is -0.905. The van der Waals surface area contributed by atoms with Crippen molar-refractivity contribution in [3.63, 3.8) is 0 Å². The number of nitrogens with zero attached hydrogens (tertiary/aromatic N) is 1. The van der Waals surface area contributed by atoms with Crippen LogP contribution in [0, 0.1) is 0 Å². The number of carbonyl (C=O) groups excluding carboxylic acids is 1. The topological polar surface area (TPSA) is 34.0 Å². The molecule has 0 amide bonds. The summed E-state index contributed by atoms with van der Waals surface area (Å²) in [6, 6.07) is 16.8. The maximum absolute atomic E-state index is 12.3. The molecule has 27 heavy (non-hydrogen) atoms. The first-order valence-electron chi connectivity index (χ1n) is 9.94. The number of benzene rings is 2. The number of hydrogen-bond acceptors (Lipinski definition) is 4. The van der Waals surface area contributed by atoms with Gasteiger partial charge in [-0.15, -0.1) is 0 Å². The third-order valence-corrected chi connectivity index (χ3v) is 6.48. The second-order valence-corrected chi connectivity index (χ2v) is 8.30. The van der Waals surface area contributed by atoms with Crippen LogP contribution in [0.2, 0.25) is 0 Å². The van der Waals surface area contributed by atoms with E-state index in [-0.39, 0.29) is 5.97 Å². The van der Waals surface area contributed by atoms with Gasteiger partial charge in [-0.25, -0.2) is 0 Å². The van der Waals surface area contributed by atoms with E-state index < -0.39 is 0 Å². The number of esters is 1. The molecule has 0 unspecified atom stereocenters. The average molecular weight is 384 g/mol. The minimum Gasteiger partial charge on any atom is -0.460 e. The van der Waals surface area contributed by atoms with Crippen molar-refractivity contribution in [2.24, 2.45) is 0 Å². The van der Waals surface area contributed by atoms with Gasteiger partial charge in [0.25, 0.3) is 0 Å². The molecule has 0 atom stereocenters. The minimum atomic E-state index is -0.0976. The quantitative estimate of drug-likeness (QED) is 0.776. The average Bonchev–Trinajstić information content (AvgIpc) is 2.72. The van der Waals surface area contributed by atoms with Crippen LogP contribution in [0.3, 0.4) is 0 Å². The van der Waals surface area contributed by atoms with Crippen LogP contribution in [0.1, 0.15) is 25.7 Å². The van der Waals surface area contributed by atoms with Crippen LogP contribution in [0.4, 0.5) is 11.4 Å². The van der Waals surface area contributed by atoms with E-state index >= 15 is 0 Å². The summed E-state index contributed by atoms with van der Waals surface area (Å²) < 4.78 is 5.52. The molecule has 4 rings (SSSR count). The third kappa shape index (κ3) is 4.47. The van der Waals surface area contributed by atoms with Gasteiger partial charge >= 0.3 is 5.97 Å². The number of fused-ring (bicyclic) bond motifs is 2. The number of carbonyl (C=O) groups is 1. The maximum Gasteiger partial charge on any atom is 0.307 e. The Morgan fingerprint density at radius 3 is 2.26 bits per heavy atom. The summed E-state index contributed by atoms with van der Waals surface area (Å²) in [5, 5.41) is 0. The largest absolute Gasteiger partial charge is 0.460 e. The molecule has 0 spiro atoms. The molecule has 0 radical (unpaired) electrons. The molecule has 0 bridgehead atoms. The Morgan fingerprint density at radius 2 is 1.59 bits per heavy atom. The first kappa shape index (κ1) is 18.4. The van der Waals surface area contributed by atoms with Crippen LogP contribution >= 0.6 is 11.8 Å². The molecule has 2 heterocycles. The number of para-hydroxylation sites is 2. The number of anilines is 2. The molecule has 2 aromatic rings. The summed E-state index contributed by atoms with van der Waals surface area (Å²) in [4.78, 5) is 18.6. The first-order valence-corrected chi connectivity index (χ1v) is 10.8.